The molecule has 1 aromatic rings. The molecule has 0 aliphatic carbocycles. The highest BCUT2D eigenvalue weighted by atomic mass is 79.9. The summed E-state index contributed by atoms with van der Waals surface area (Å²) in [7, 11) is 0. The third kappa shape index (κ3) is 2.77. The van der Waals surface area contributed by atoms with Crippen LogP contribution in [0.3, 0.4) is 0 Å². The number of nitrogens with two attached hydrogens (primary N) is 1. The topological polar surface area (TPSA) is 54.5 Å². The van der Waals surface area contributed by atoms with Gasteiger partial charge >= 0.3 is 0 Å². The fourth-order valence-corrected chi connectivity index (χ4v) is 2.42. The quantitative estimate of drug-likeness (QED) is 0.930. The third-order valence-electron chi connectivity index (χ3n) is 2.77. The van der Waals surface area contributed by atoms with Crippen LogP contribution in [0.5, 0.6) is 0 Å². The molecule has 0 bridgehead atoms. The zero-order valence-electron chi connectivity index (χ0n) is 10.1. The SMILES string of the molecule is CC(C)CN1C(N)=NCC1c1cncc(Br)c1. The average Bonchev–Trinajstić information content (AvgIpc) is 2.60. The summed E-state index contributed by atoms with van der Waals surface area (Å²) in [5.74, 6) is 1.20. The summed E-state index contributed by atoms with van der Waals surface area (Å²) in [6, 6.07) is 2.31. The first-order valence-corrected chi connectivity index (χ1v) is 6.54. The number of rotatable bonds is 3. The van der Waals surface area contributed by atoms with E-state index in [1.54, 1.807) is 6.20 Å². The van der Waals surface area contributed by atoms with E-state index in [-0.39, 0.29) is 6.04 Å². The van der Waals surface area contributed by atoms with E-state index in [1.807, 2.05) is 6.20 Å². The number of guanidine groups is 1. The monoisotopic (exact) mass is 296 g/mol. The predicted molar refractivity (Wildman–Crippen MR) is 72.7 cm³/mol. The lowest BCUT2D eigenvalue weighted by molar-refractivity contribution is 0.309. The molecule has 0 amide bonds. The fraction of sp³-hybridized carbons (Fsp3) is 0.500. The van der Waals surface area contributed by atoms with Gasteiger partial charge in [-0.05, 0) is 33.5 Å². The maximum atomic E-state index is 5.94. The molecule has 92 valence electrons. The third-order valence-corrected chi connectivity index (χ3v) is 3.20. The van der Waals surface area contributed by atoms with E-state index in [2.05, 4.69) is 50.7 Å². The van der Waals surface area contributed by atoms with Crippen molar-refractivity contribution in [2.24, 2.45) is 16.6 Å². The van der Waals surface area contributed by atoms with Gasteiger partial charge in [0.15, 0.2) is 5.96 Å². The molecule has 4 nitrogen and oxygen atoms in total. The van der Waals surface area contributed by atoms with Gasteiger partial charge in [-0.3, -0.25) is 9.98 Å². The van der Waals surface area contributed by atoms with E-state index in [1.165, 1.54) is 0 Å². The lowest BCUT2D eigenvalue weighted by Crippen LogP contribution is -2.38. The molecule has 1 aromatic heterocycles. The summed E-state index contributed by atoms with van der Waals surface area (Å²) < 4.78 is 0.991. The van der Waals surface area contributed by atoms with Gasteiger partial charge in [0, 0.05) is 23.4 Å². The van der Waals surface area contributed by atoms with Gasteiger partial charge < -0.3 is 10.6 Å². The van der Waals surface area contributed by atoms with Crippen molar-refractivity contribution in [1.29, 1.82) is 0 Å². The van der Waals surface area contributed by atoms with Crippen molar-refractivity contribution >= 4 is 21.9 Å². The number of aromatic nitrogens is 1. The molecular weight excluding hydrogens is 280 g/mol. The summed E-state index contributed by atoms with van der Waals surface area (Å²) in [5.41, 5.74) is 7.09. The Morgan fingerprint density at radius 1 is 1.53 bits per heavy atom. The summed E-state index contributed by atoms with van der Waals surface area (Å²) in [6.07, 6.45) is 3.67. The van der Waals surface area contributed by atoms with Crippen molar-refractivity contribution in [1.82, 2.24) is 9.88 Å². The first kappa shape index (κ1) is 12.4. The first-order valence-electron chi connectivity index (χ1n) is 5.75. The Morgan fingerprint density at radius 2 is 2.29 bits per heavy atom. The molecule has 1 aliphatic rings. The van der Waals surface area contributed by atoms with Crippen molar-refractivity contribution in [2.45, 2.75) is 19.9 Å². The van der Waals surface area contributed by atoms with E-state index in [0.717, 1.165) is 23.1 Å². The highest BCUT2D eigenvalue weighted by molar-refractivity contribution is 9.10. The molecule has 0 aromatic carbocycles. The Kier molecular flexibility index (Phi) is 3.66. The standard InChI is InChI=1S/C12H17BrN4/c1-8(2)7-17-11(6-16-12(17)14)9-3-10(13)5-15-4-9/h3-5,8,11H,6-7H2,1-2H3,(H2,14,16). The molecule has 1 aliphatic heterocycles. The smallest absolute Gasteiger partial charge is 0.191 e. The van der Waals surface area contributed by atoms with Gasteiger partial charge in [-0.2, -0.15) is 0 Å². The van der Waals surface area contributed by atoms with Crippen LogP contribution in [0.4, 0.5) is 0 Å². The zero-order valence-corrected chi connectivity index (χ0v) is 11.7. The minimum absolute atomic E-state index is 0.224. The van der Waals surface area contributed by atoms with Crippen LogP contribution in [0.1, 0.15) is 25.5 Å². The van der Waals surface area contributed by atoms with Crippen LogP contribution in [0.2, 0.25) is 0 Å². The van der Waals surface area contributed by atoms with Crippen molar-refractivity contribution < 1.29 is 0 Å². The van der Waals surface area contributed by atoms with Crippen LogP contribution in [0.15, 0.2) is 27.9 Å². The van der Waals surface area contributed by atoms with E-state index in [9.17, 15) is 0 Å². The highest BCUT2D eigenvalue weighted by Gasteiger charge is 2.28. The summed E-state index contributed by atoms with van der Waals surface area (Å²) in [5, 5.41) is 0. The van der Waals surface area contributed by atoms with Gasteiger partial charge in [-0.1, -0.05) is 13.8 Å². The van der Waals surface area contributed by atoms with Crippen molar-refractivity contribution in [3.05, 3.63) is 28.5 Å². The molecule has 0 fully saturated rings. The Labute approximate surface area is 110 Å². The molecule has 0 spiro atoms. The predicted octanol–water partition coefficient (Wildman–Crippen LogP) is 2.17. The number of halogens is 1. The van der Waals surface area contributed by atoms with Gasteiger partial charge in [0.25, 0.3) is 0 Å². The van der Waals surface area contributed by atoms with Crippen LogP contribution in [0.25, 0.3) is 0 Å². The van der Waals surface area contributed by atoms with Crippen molar-refractivity contribution in [2.75, 3.05) is 13.1 Å². The molecule has 2 rings (SSSR count). The molecule has 17 heavy (non-hydrogen) atoms. The number of hydrogen-bond donors (Lipinski definition) is 1. The molecule has 0 saturated carbocycles. The molecule has 1 unspecified atom stereocenters. The Hall–Kier alpha value is -1.10. The zero-order chi connectivity index (χ0) is 12.4. The fourth-order valence-electron chi connectivity index (χ4n) is 2.04. The Morgan fingerprint density at radius 3 is 2.94 bits per heavy atom. The minimum Gasteiger partial charge on any atom is -0.370 e. The largest absolute Gasteiger partial charge is 0.370 e. The molecule has 0 radical (unpaired) electrons. The molecule has 1 atom stereocenters. The average molecular weight is 297 g/mol. The van der Waals surface area contributed by atoms with Gasteiger partial charge in [-0.15, -0.1) is 0 Å². The van der Waals surface area contributed by atoms with E-state index in [0.29, 0.717) is 11.9 Å². The van der Waals surface area contributed by atoms with Crippen LogP contribution in [0, 0.1) is 5.92 Å². The molecule has 2 N–H and O–H groups in total. The number of hydrogen-bond acceptors (Lipinski definition) is 4. The minimum atomic E-state index is 0.224. The summed E-state index contributed by atoms with van der Waals surface area (Å²) in [6.45, 7) is 6.01. The van der Waals surface area contributed by atoms with Crippen LogP contribution in [-0.4, -0.2) is 28.9 Å². The second-order valence-electron chi connectivity index (χ2n) is 4.70. The van der Waals surface area contributed by atoms with E-state index >= 15 is 0 Å². The number of aliphatic imine (C=N–C) groups is 1. The van der Waals surface area contributed by atoms with Gasteiger partial charge in [0.2, 0.25) is 0 Å². The normalized spacial score (nSPS) is 19.9. The highest BCUT2D eigenvalue weighted by Crippen LogP contribution is 2.27. The summed E-state index contributed by atoms with van der Waals surface area (Å²) in [4.78, 5) is 10.7. The maximum Gasteiger partial charge on any atom is 0.191 e. The second kappa shape index (κ2) is 5.04. The van der Waals surface area contributed by atoms with Crippen LogP contribution >= 0.6 is 15.9 Å². The van der Waals surface area contributed by atoms with Crippen molar-refractivity contribution in [3.63, 3.8) is 0 Å². The van der Waals surface area contributed by atoms with E-state index in [4.69, 9.17) is 5.73 Å². The molecule has 2 heterocycles. The van der Waals surface area contributed by atoms with Gasteiger partial charge in [0.05, 0.1) is 12.6 Å². The number of nitrogens with zero attached hydrogens (tertiary/aromatic N) is 3. The van der Waals surface area contributed by atoms with Crippen LogP contribution < -0.4 is 5.73 Å². The van der Waals surface area contributed by atoms with Gasteiger partial charge in [-0.25, -0.2) is 0 Å². The van der Waals surface area contributed by atoms with E-state index < -0.39 is 0 Å². The lowest BCUT2D eigenvalue weighted by atomic mass is 10.1. The number of pyridine rings is 1. The summed E-state index contributed by atoms with van der Waals surface area (Å²) >= 11 is 3.45. The first-order chi connectivity index (χ1) is 8.08. The maximum absolute atomic E-state index is 5.94. The van der Waals surface area contributed by atoms with Crippen molar-refractivity contribution in [3.8, 4) is 0 Å². The molecular formula is C12H17BrN4. The molecule has 0 saturated heterocycles. The lowest BCUT2D eigenvalue weighted by Gasteiger charge is -2.28. The second-order valence-corrected chi connectivity index (χ2v) is 5.61. The Bertz CT molecular complexity index is 430. The van der Waals surface area contributed by atoms with Crippen LogP contribution in [-0.2, 0) is 0 Å². The Balaban J connectivity index is 2.21. The molecule has 5 heteroatoms. The van der Waals surface area contributed by atoms with Gasteiger partial charge in [0.1, 0.15) is 0 Å².